The summed E-state index contributed by atoms with van der Waals surface area (Å²) in [7, 11) is 3.64. The third-order valence-electron chi connectivity index (χ3n) is 3.75. The average Bonchev–Trinajstić information content (AvgIpc) is 3.05. The molecule has 1 aliphatic heterocycles. The number of methoxy groups -OCH3 is 1. The van der Waals surface area contributed by atoms with E-state index in [9.17, 15) is 4.79 Å². The van der Waals surface area contributed by atoms with Crippen molar-refractivity contribution in [1.29, 1.82) is 0 Å². The van der Waals surface area contributed by atoms with Crippen molar-refractivity contribution in [1.82, 2.24) is 9.80 Å². The molecule has 1 heterocycles. The standard InChI is InChI=1S/C12H22N2O2/c1-9-8-13(2)6-7-14(9)11(10-4-5-10)12(15)16-3/h9-11H,4-8H2,1-3H3. The maximum Gasteiger partial charge on any atom is 0.323 e. The second-order valence-corrected chi connectivity index (χ2v) is 5.15. The zero-order valence-corrected chi connectivity index (χ0v) is 10.5. The van der Waals surface area contributed by atoms with Gasteiger partial charge in [-0.25, -0.2) is 0 Å². The Morgan fingerprint density at radius 1 is 1.38 bits per heavy atom. The van der Waals surface area contributed by atoms with Crippen LogP contribution in [0.2, 0.25) is 0 Å². The second kappa shape index (κ2) is 4.72. The van der Waals surface area contributed by atoms with E-state index in [0.29, 0.717) is 12.0 Å². The van der Waals surface area contributed by atoms with Crippen molar-refractivity contribution < 1.29 is 9.53 Å². The van der Waals surface area contributed by atoms with Gasteiger partial charge in [0.2, 0.25) is 0 Å². The van der Waals surface area contributed by atoms with Crippen LogP contribution in [0.4, 0.5) is 0 Å². The van der Waals surface area contributed by atoms with Gasteiger partial charge in [0.05, 0.1) is 7.11 Å². The molecule has 16 heavy (non-hydrogen) atoms. The van der Waals surface area contributed by atoms with Crippen molar-refractivity contribution in [3.8, 4) is 0 Å². The van der Waals surface area contributed by atoms with Crippen LogP contribution in [0.15, 0.2) is 0 Å². The normalized spacial score (nSPS) is 30.1. The molecule has 2 fully saturated rings. The van der Waals surface area contributed by atoms with Crippen molar-refractivity contribution in [2.45, 2.75) is 31.8 Å². The van der Waals surface area contributed by atoms with E-state index in [2.05, 4.69) is 23.8 Å². The van der Waals surface area contributed by atoms with Crippen molar-refractivity contribution in [2.24, 2.45) is 5.92 Å². The predicted octanol–water partition coefficient (Wildman–Crippen LogP) is 0.574. The molecule has 2 aliphatic rings. The zero-order valence-electron chi connectivity index (χ0n) is 10.5. The molecule has 0 amide bonds. The molecular weight excluding hydrogens is 204 g/mol. The Hall–Kier alpha value is -0.610. The van der Waals surface area contributed by atoms with Gasteiger partial charge in [-0.15, -0.1) is 0 Å². The van der Waals surface area contributed by atoms with Crippen LogP contribution in [0.1, 0.15) is 19.8 Å². The van der Waals surface area contributed by atoms with Gasteiger partial charge in [-0.05, 0) is 32.7 Å². The number of rotatable bonds is 3. The van der Waals surface area contributed by atoms with E-state index < -0.39 is 0 Å². The number of piperazine rings is 1. The Balaban J connectivity index is 2.04. The number of ether oxygens (including phenoxy) is 1. The monoisotopic (exact) mass is 226 g/mol. The number of nitrogens with zero attached hydrogens (tertiary/aromatic N) is 2. The van der Waals surface area contributed by atoms with E-state index in [4.69, 9.17) is 4.74 Å². The highest BCUT2D eigenvalue weighted by atomic mass is 16.5. The van der Waals surface area contributed by atoms with E-state index in [1.165, 1.54) is 20.0 Å². The summed E-state index contributed by atoms with van der Waals surface area (Å²) < 4.78 is 4.95. The molecule has 0 aromatic heterocycles. The summed E-state index contributed by atoms with van der Waals surface area (Å²) in [6.07, 6.45) is 2.36. The Morgan fingerprint density at radius 3 is 2.56 bits per heavy atom. The Labute approximate surface area is 97.5 Å². The van der Waals surface area contributed by atoms with Crippen LogP contribution >= 0.6 is 0 Å². The maximum absolute atomic E-state index is 11.8. The SMILES string of the molecule is COC(=O)C(C1CC1)N1CCN(C)CC1C. The largest absolute Gasteiger partial charge is 0.468 e. The van der Waals surface area contributed by atoms with Gasteiger partial charge in [-0.1, -0.05) is 0 Å². The van der Waals surface area contributed by atoms with Crippen LogP contribution in [0, 0.1) is 5.92 Å². The number of hydrogen-bond donors (Lipinski definition) is 0. The first-order valence-corrected chi connectivity index (χ1v) is 6.15. The van der Waals surface area contributed by atoms with E-state index in [1.807, 2.05) is 0 Å². The zero-order chi connectivity index (χ0) is 11.7. The fraction of sp³-hybridized carbons (Fsp3) is 0.917. The van der Waals surface area contributed by atoms with Crippen LogP contribution in [-0.4, -0.2) is 61.6 Å². The highest BCUT2D eigenvalue weighted by molar-refractivity contribution is 5.76. The molecule has 0 aromatic rings. The van der Waals surface area contributed by atoms with E-state index in [0.717, 1.165) is 19.6 Å². The summed E-state index contributed by atoms with van der Waals surface area (Å²) in [5.74, 6) is 0.497. The van der Waals surface area contributed by atoms with Crippen LogP contribution in [0.25, 0.3) is 0 Å². The average molecular weight is 226 g/mol. The number of hydrogen-bond acceptors (Lipinski definition) is 4. The minimum atomic E-state index is -0.0427. The van der Waals surface area contributed by atoms with Gasteiger partial charge in [0.25, 0.3) is 0 Å². The molecule has 2 rings (SSSR count). The van der Waals surface area contributed by atoms with Gasteiger partial charge in [-0.3, -0.25) is 9.69 Å². The van der Waals surface area contributed by atoms with Gasteiger partial charge in [-0.2, -0.15) is 0 Å². The fourth-order valence-corrected chi connectivity index (χ4v) is 2.70. The lowest BCUT2D eigenvalue weighted by molar-refractivity contribution is -0.150. The van der Waals surface area contributed by atoms with Crippen molar-refractivity contribution >= 4 is 5.97 Å². The van der Waals surface area contributed by atoms with Gasteiger partial charge in [0.15, 0.2) is 0 Å². The molecule has 92 valence electrons. The number of carbonyl (C=O) groups excluding carboxylic acids is 1. The molecule has 0 N–H and O–H groups in total. The lowest BCUT2D eigenvalue weighted by atomic mass is 10.1. The highest BCUT2D eigenvalue weighted by Gasteiger charge is 2.43. The number of carbonyl (C=O) groups is 1. The van der Waals surface area contributed by atoms with Crippen LogP contribution in [0.5, 0.6) is 0 Å². The Kier molecular flexibility index (Phi) is 3.50. The maximum atomic E-state index is 11.8. The van der Waals surface area contributed by atoms with Gasteiger partial charge in [0.1, 0.15) is 6.04 Å². The quantitative estimate of drug-likeness (QED) is 0.659. The highest BCUT2D eigenvalue weighted by Crippen LogP contribution is 2.37. The lowest BCUT2D eigenvalue weighted by Crippen LogP contribution is -2.57. The fourth-order valence-electron chi connectivity index (χ4n) is 2.70. The van der Waals surface area contributed by atoms with Gasteiger partial charge in [0, 0.05) is 25.7 Å². The summed E-state index contributed by atoms with van der Waals surface area (Å²) >= 11 is 0. The van der Waals surface area contributed by atoms with Crippen molar-refractivity contribution in [3.05, 3.63) is 0 Å². The first-order valence-electron chi connectivity index (χ1n) is 6.15. The van der Waals surface area contributed by atoms with Crippen LogP contribution in [0.3, 0.4) is 0 Å². The Morgan fingerprint density at radius 2 is 2.06 bits per heavy atom. The molecule has 1 aliphatic carbocycles. The molecule has 0 aromatic carbocycles. The molecule has 1 saturated heterocycles. The smallest absolute Gasteiger partial charge is 0.323 e. The topological polar surface area (TPSA) is 32.8 Å². The molecule has 2 atom stereocenters. The van der Waals surface area contributed by atoms with E-state index in [1.54, 1.807) is 0 Å². The summed E-state index contributed by atoms with van der Waals surface area (Å²) in [5.41, 5.74) is 0. The third kappa shape index (κ3) is 2.38. The minimum Gasteiger partial charge on any atom is -0.468 e. The molecule has 1 saturated carbocycles. The minimum absolute atomic E-state index is 0.00806. The second-order valence-electron chi connectivity index (χ2n) is 5.15. The van der Waals surface area contributed by atoms with E-state index >= 15 is 0 Å². The van der Waals surface area contributed by atoms with Gasteiger partial charge < -0.3 is 9.64 Å². The molecule has 4 nitrogen and oxygen atoms in total. The van der Waals surface area contributed by atoms with Crippen molar-refractivity contribution in [3.63, 3.8) is 0 Å². The van der Waals surface area contributed by atoms with Crippen LogP contribution < -0.4 is 0 Å². The number of esters is 1. The van der Waals surface area contributed by atoms with E-state index in [-0.39, 0.29) is 12.0 Å². The summed E-state index contributed by atoms with van der Waals surface area (Å²) in [6.45, 7) is 5.27. The first-order chi connectivity index (χ1) is 7.63. The third-order valence-corrected chi connectivity index (χ3v) is 3.75. The molecule has 0 bridgehead atoms. The predicted molar refractivity (Wildman–Crippen MR) is 62.2 cm³/mol. The summed E-state index contributed by atoms with van der Waals surface area (Å²) in [4.78, 5) is 16.5. The molecule has 0 spiro atoms. The molecule has 2 unspecified atom stereocenters. The summed E-state index contributed by atoms with van der Waals surface area (Å²) in [6, 6.07) is 0.456. The lowest BCUT2D eigenvalue weighted by Gasteiger charge is -2.41. The molecule has 4 heteroatoms. The van der Waals surface area contributed by atoms with Gasteiger partial charge >= 0.3 is 5.97 Å². The Bertz CT molecular complexity index is 266. The number of likely N-dealkylation sites (N-methyl/N-ethyl adjacent to an activating group) is 1. The van der Waals surface area contributed by atoms with Crippen molar-refractivity contribution in [2.75, 3.05) is 33.8 Å². The molecular formula is C12H22N2O2. The molecule has 0 radical (unpaired) electrons. The first kappa shape index (κ1) is 11.9. The summed E-state index contributed by atoms with van der Waals surface area (Å²) in [5, 5.41) is 0. The van der Waals surface area contributed by atoms with Crippen LogP contribution in [-0.2, 0) is 9.53 Å².